The molecule has 0 radical (unpaired) electrons. The van der Waals surface area contributed by atoms with Crippen LogP contribution in [0.4, 0.5) is 5.69 Å². The number of anilines is 1. The summed E-state index contributed by atoms with van der Waals surface area (Å²) in [4.78, 5) is 18.2. The summed E-state index contributed by atoms with van der Waals surface area (Å²) >= 11 is 0. The van der Waals surface area contributed by atoms with Crippen LogP contribution in [0.5, 0.6) is 0 Å². The van der Waals surface area contributed by atoms with Gasteiger partial charge < -0.3 is 10.2 Å². The number of sulfonamides is 1. The Morgan fingerprint density at radius 1 is 1.14 bits per heavy atom. The molecule has 7 nitrogen and oxygen atoms in total. The van der Waals surface area contributed by atoms with Crippen LogP contribution < -0.4 is 14.9 Å². The normalized spacial score (nSPS) is 27.0. The predicted molar refractivity (Wildman–Crippen MR) is 113 cm³/mol. The molecule has 1 amide bonds. The number of hydrogen-bond donors (Lipinski definition) is 3. The first-order chi connectivity index (χ1) is 14.0. The molecule has 8 heteroatoms. The Morgan fingerprint density at radius 3 is 2.76 bits per heavy atom. The van der Waals surface area contributed by atoms with E-state index >= 15 is 0 Å². The predicted octanol–water partition coefficient (Wildman–Crippen LogP) is 1.19. The molecule has 2 heterocycles. The molecule has 2 aliphatic heterocycles. The highest BCUT2D eigenvalue weighted by atomic mass is 32.2. The van der Waals surface area contributed by atoms with Crippen molar-refractivity contribution in [3.05, 3.63) is 24.3 Å². The van der Waals surface area contributed by atoms with Crippen LogP contribution >= 0.6 is 0 Å². The van der Waals surface area contributed by atoms with Gasteiger partial charge in [-0.05, 0) is 49.8 Å². The van der Waals surface area contributed by atoms with Gasteiger partial charge in [0.2, 0.25) is 0 Å². The summed E-state index contributed by atoms with van der Waals surface area (Å²) < 4.78 is 27.7. The van der Waals surface area contributed by atoms with Crippen LogP contribution in [0, 0.1) is 11.8 Å². The maximum Gasteiger partial charge on any atom is 0.279 e. The zero-order chi connectivity index (χ0) is 20.3. The van der Waals surface area contributed by atoms with E-state index in [1.54, 1.807) is 12.1 Å². The Bertz CT molecular complexity index is 884. The van der Waals surface area contributed by atoms with Crippen molar-refractivity contribution in [2.45, 2.75) is 49.8 Å². The number of carbonyl (C=O) groups excluding carboxylic acids is 1. The van der Waals surface area contributed by atoms with Gasteiger partial charge in [-0.2, -0.15) is 0 Å². The number of nitrogens with zero attached hydrogens (tertiary/aromatic N) is 1. The number of piperidine rings is 1. The summed E-state index contributed by atoms with van der Waals surface area (Å²) in [5, 5.41) is 2.89. The van der Waals surface area contributed by atoms with Gasteiger partial charge >= 0.3 is 0 Å². The van der Waals surface area contributed by atoms with Gasteiger partial charge in [-0.25, -0.2) is 8.42 Å². The molecule has 1 unspecified atom stereocenters. The Morgan fingerprint density at radius 2 is 1.97 bits per heavy atom. The van der Waals surface area contributed by atoms with Gasteiger partial charge in [0, 0.05) is 24.6 Å². The van der Waals surface area contributed by atoms with Crippen LogP contribution in [0.25, 0.3) is 0 Å². The third-order valence-electron chi connectivity index (χ3n) is 6.45. The molecular formula is C21H31N4O3S+. The molecule has 3 aliphatic rings. The summed E-state index contributed by atoms with van der Waals surface area (Å²) in [5.41, 5.74) is 0.512. The van der Waals surface area contributed by atoms with E-state index in [-0.39, 0.29) is 10.8 Å². The van der Waals surface area contributed by atoms with Gasteiger partial charge in [-0.15, -0.1) is 0 Å². The minimum absolute atomic E-state index is 0.0584. The molecule has 0 aromatic heterocycles. The third-order valence-corrected chi connectivity index (χ3v) is 7.83. The Labute approximate surface area is 173 Å². The number of nitrogens with one attached hydrogen (secondary N) is 3. The molecule has 1 aromatic carbocycles. The molecule has 0 bridgehead atoms. The second-order valence-corrected chi connectivity index (χ2v) is 10.3. The maximum absolute atomic E-state index is 12.6. The molecule has 29 heavy (non-hydrogen) atoms. The molecule has 4 rings (SSSR count). The summed E-state index contributed by atoms with van der Waals surface area (Å²) in [5.74, 6) is 2.07. The van der Waals surface area contributed by atoms with Gasteiger partial charge in [-0.3, -0.25) is 14.5 Å². The van der Waals surface area contributed by atoms with E-state index in [2.05, 4.69) is 15.0 Å². The van der Waals surface area contributed by atoms with E-state index in [9.17, 15) is 13.2 Å². The molecule has 1 saturated heterocycles. The molecule has 158 valence electrons. The number of hydrogen-bond acceptors (Lipinski definition) is 4. The van der Waals surface area contributed by atoms with Crippen molar-refractivity contribution in [3.63, 3.8) is 0 Å². The summed E-state index contributed by atoms with van der Waals surface area (Å²) in [7, 11) is -3.68. The lowest BCUT2D eigenvalue weighted by atomic mass is 9.75. The highest BCUT2D eigenvalue weighted by Gasteiger charge is 2.34. The number of fused-ring (bicyclic) bond motifs is 1. The van der Waals surface area contributed by atoms with Crippen molar-refractivity contribution in [1.82, 2.24) is 4.72 Å². The zero-order valence-electron chi connectivity index (χ0n) is 16.8. The van der Waals surface area contributed by atoms with E-state index < -0.39 is 10.0 Å². The molecule has 0 spiro atoms. The van der Waals surface area contributed by atoms with E-state index in [1.165, 1.54) is 49.1 Å². The Balaban J connectivity index is 1.34. The maximum atomic E-state index is 12.6. The van der Waals surface area contributed by atoms with Crippen molar-refractivity contribution in [2.75, 3.05) is 31.5 Å². The largest absolute Gasteiger partial charge is 0.327 e. The average Bonchev–Trinajstić information content (AvgIpc) is 3.20. The van der Waals surface area contributed by atoms with Crippen LogP contribution in [0.1, 0.15) is 44.9 Å². The van der Waals surface area contributed by atoms with E-state index in [0.29, 0.717) is 31.0 Å². The zero-order valence-corrected chi connectivity index (χ0v) is 17.6. The van der Waals surface area contributed by atoms with Crippen molar-refractivity contribution < 1.29 is 18.1 Å². The van der Waals surface area contributed by atoms with Crippen LogP contribution in [0.15, 0.2) is 34.2 Å². The smallest absolute Gasteiger partial charge is 0.279 e. The van der Waals surface area contributed by atoms with Crippen LogP contribution in [0.2, 0.25) is 0 Å². The third kappa shape index (κ3) is 5.17. The monoisotopic (exact) mass is 419 g/mol. The first-order valence-corrected chi connectivity index (χ1v) is 12.3. The fourth-order valence-corrected chi connectivity index (χ4v) is 6.10. The van der Waals surface area contributed by atoms with Gasteiger partial charge in [0.05, 0.1) is 18.0 Å². The summed E-state index contributed by atoms with van der Waals surface area (Å²) in [6.07, 6.45) is 8.07. The van der Waals surface area contributed by atoms with E-state index in [4.69, 9.17) is 0 Å². The first-order valence-electron chi connectivity index (χ1n) is 10.8. The standard InChI is InChI=1S/C21H30N4O3S/c26-21(15-25-12-10-16-5-1-2-6-17(16)14-25)23-18-7-3-8-19(13-18)29(27,28)24-20-9-4-11-22-20/h3,7-8,13,16-17H,1-2,4-6,9-12,14-15H2,(H,22,24)(H,23,26)/p+1/t16-,17+/m0/s1. The van der Waals surface area contributed by atoms with Crippen LogP contribution in [-0.2, 0) is 14.8 Å². The lowest BCUT2D eigenvalue weighted by Gasteiger charge is -2.38. The number of carbonyl (C=O) groups is 1. The highest BCUT2D eigenvalue weighted by Crippen LogP contribution is 2.32. The van der Waals surface area contributed by atoms with Gasteiger partial charge in [0.15, 0.2) is 6.54 Å². The van der Waals surface area contributed by atoms with E-state index in [1.807, 2.05) is 0 Å². The van der Waals surface area contributed by atoms with E-state index in [0.717, 1.165) is 31.3 Å². The van der Waals surface area contributed by atoms with Crippen molar-refractivity contribution in [1.29, 1.82) is 0 Å². The summed E-state index contributed by atoms with van der Waals surface area (Å²) in [6, 6.07) is 6.43. The van der Waals surface area contributed by atoms with Gasteiger partial charge in [0.25, 0.3) is 15.9 Å². The SMILES string of the molecule is O=C(C[NH+]1CC[C@@H]2CCCC[C@@H]2C1)Nc1cccc(S(=O)(=O)NC2=NCCC2)c1. The minimum Gasteiger partial charge on any atom is -0.327 e. The summed E-state index contributed by atoms with van der Waals surface area (Å²) in [6.45, 7) is 3.23. The number of benzene rings is 1. The molecule has 2 fully saturated rings. The van der Waals surface area contributed by atoms with Crippen molar-refractivity contribution >= 4 is 27.5 Å². The second-order valence-electron chi connectivity index (χ2n) is 8.59. The lowest BCUT2D eigenvalue weighted by Crippen LogP contribution is -3.15. The number of rotatable bonds is 5. The average molecular weight is 420 g/mol. The number of amides is 1. The second kappa shape index (κ2) is 8.83. The van der Waals surface area contributed by atoms with Crippen LogP contribution in [0.3, 0.4) is 0 Å². The number of amidine groups is 1. The molecule has 1 saturated carbocycles. The van der Waals surface area contributed by atoms with Gasteiger partial charge in [-0.1, -0.05) is 18.9 Å². The minimum atomic E-state index is -3.68. The highest BCUT2D eigenvalue weighted by molar-refractivity contribution is 7.90. The van der Waals surface area contributed by atoms with Crippen molar-refractivity contribution in [2.24, 2.45) is 16.8 Å². The lowest BCUT2D eigenvalue weighted by molar-refractivity contribution is -0.902. The first kappa shape index (κ1) is 20.3. The molecule has 3 atom stereocenters. The fourth-order valence-electron chi connectivity index (χ4n) is 4.97. The fraction of sp³-hybridized carbons (Fsp3) is 0.619. The number of aliphatic imine (C=N–C) groups is 1. The number of likely N-dealkylation sites (tertiary alicyclic amines) is 1. The molecular weight excluding hydrogens is 388 g/mol. The Kier molecular flexibility index (Phi) is 6.20. The molecule has 1 aliphatic carbocycles. The quantitative estimate of drug-likeness (QED) is 0.669. The molecule has 3 N–H and O–H groups in total. The number of quaternary nitrogens is 1. The molecule has 1 aromatic rings. The van der Waals surface area contributed by atoms with Crippen LogP contribution in [-0.4, -0.2) is 46.3 Å². The Hall–Kier alpha value is -1.93. The van der Waals surface area contributed by atoms with Gasteiger partial charge in [0.1, 0.15) is 5.84 Å². The van der Waals surface area contributed by atoms with Crippen molar-refractivity contribution in [3.8, 4) is 0 Å². The topological polar surface area (TPSA) is 92.1 Å².